The van der Waals surface area contributed by atoms with Gasteiger partial charge in [-0.25, -0.2) is 4.39 Å². The van der Waals surface area contributed by atoms with E-state index in [1.54, 1.807) is 0 Å². The fourth-order valence-electron chi connectivity index (χ4n) is 1.94. The Morgan fingerprint density at radius 2 is 1.24 bits per heavy atom. The summed E-state index contributed by atoms with van der Waals surface area (Å²) in [7, 11) is 0. The predicted octanol–water partition coefficient (Wildman–Crippen LogP) is 3.64. The van der Waals surface area contributed by atoms with E-state index in [2.05, 4.69) is 4.74 Å². The Morgan fingerprint density at radius 3 is 1.52 bits per heavy atom. The zero-order chi connectivity index (χ0) is 17.1. The third-order valence-electron chi connectivity index (χ3n) is 3.09. The topological polar surface area (TPSA) is 29.5 Å². The predicted molar refractivity (Wildman–Crippen MR) is 45.7 cm³/mol. The van der Waals surface area contributed by atoms with Crippen LogP contribution < -0.4 is 0 Å². The molecule has 0 aromatic rings. The molecule has 0 radical (unpaired) electrons. The third-order valence-corrected chi connectivity index (χ3v) is 3.09. The molecule has 3 atom stereocenters. The first-order valence-corrected chi connectivity index (χ1v) is 5.19. The number of rotatable bonds is 0. The summed E-state index contributed by atoms with van der Waals surface area (Å²) in [5.41, 5.74) is -8.71. The highest BCUT2D eigenvalue weighted by molar-refractivity contribution is 5.07. The van der Waals surface area contributed by atoms with Gasteiger partial charge in [0.25, 0.3) is 0 Å². The zero-order valence-corrected chi connectivity index (χ0v) is 10.0. The standard InChI is InChI=1S/C9H8F10O2/c1-4(7(11,12)13)2-5(20,8(14,15)16)3-6(10,21-4)9(17,18)19/h20H,2-3H2,1H3. The van der Waals surface area contributed by atoms with Crippen LogP contribution in [0.25, 0.3) is 0 Å². The molecule has 0 amide bonds. The fraction of sp³-hybridized carbons (Fsp3) is 1.00. The summed E-state index contributed by atoms with van der Waals surface area (Å²) in [5, 5.41) is 9.16. The quantitative estimate of drug-likeness (QED) is 0.684. The van der Waals surface area contributed by atoms with Crippen molar-refractivity contribution in [2.24, 2.45) is 0 Å². The van der Waals surface area contributed by atoms with Crippen molar-refractivity contribution >= 4 is 0 Å². The summed E-state index contributed by atoms with van der Waals surface area (Å²) in [5.74, 6) is -5.29. The summed E-state index contributed by atoms with van der Waals surface area (Å²) in [4.78, 5) is 0. The van der Waals surface area contributed by atoms with E-state index < -0.39 is 48.4 Å². The van der Waals surface area contributed by atoms with Crippen LogP contribution in [0.5, 0.6) is 0 Å². The summed E-state index contributed by atoms with van der Waals surface area (Å²) < 4.78 is 130. The lowest BCUT2D eigenvalue weighted by molar-refractivity contribution is -0.451. The van der Waals surface area contributed by atoms with Gasteiger partial charge in [0.15, 0.2) is 11.2 Å². The van der Waals surface area contributed by atoms with Crippen LogP contribution in [0.3, 0.4) is 0 Å². The molecule has 1 rings (SSSR count). The minimum atomic E-state index is -6.20. The van der Waals surface area contributed by atoms with E-state index in [0.29, 0.717) is 0 Å². The van der Waals surface area contributed by atoms with Crippen LogP contribution in [0.4, 0.5) is 43.9 Å². The lowest BCUT2D eigenvalue weighted by atomic mass is 9.78. The van der Waals surface area contributed by atoms with Gasteiger partial charge in [-0.1, -0.05) is 0 Å². The molecular formula is C9H8F10O2. The normalized spacial score (nSPS) is 39.4. The molecule has 1 N–H and O–H groups in total. The minimum absolute atomic E-state index is 0.192. The van der Waals surface area contributed by atoms with Crippen LogP contribution in [0.2, 0.25) is 0 Å². The second-order valence-electron chi connectivity index (χ2n) is 4.94. The monoisotopic (exact) mass is 338 g/mol. The zero-order valence-electron chi connectivity index (χ0n) is 10.0. The highest BCUT2D eigenvalue weighted by Gasteiger charge is 2.76. The summed E-state index contributed by atoms with van der Waals surface area (Å²) in [6, 6.07) is 0. The maximum Gasteiger partial charge on any atom is 0.448 e. The van der Waals surface area contributed by atoms with Crippen molar-refractivity contribution in [3.05, 3.63) is 0 Å². The fourth-order valence-corrected chi connectivity index (χ4v) is 1.94. The number of hydrogen-bond donors (Lipinski definition) is 1. The minimum Gasteiger partial charge on any atom is -0.380 e. The lowest BCUT2D eigenvalue weighted by Crippen LogP contribution is -2.68. The maximum atomic E-state index is 13.6. The van der Waals surface area contributed by atoms with Gasteiger partial charge in [-0.2, -0.15) is 39.5 Å². The molecule has 1 aliphatic rings. The summed E-state index contributed by atoms with van der Waals surface area (Å²) in [6.45, 7) is -0.192. The number of hydrogen-bond acceptors (Lipinski definition) is 2. The number of halogens is 10. The molecule has 0 spiro atoms. The molecule has 12 heteroatoms. The SMILES string of the molecule is CC1(C(F)(F)F)CC(O)(C(F)(F)F)CC(F)(C(F)(F)F)O1. The van der Waals surface area contributed by atoms with Crippen LogP contribution in [-0.4, -0.2) is 40.7 Å². The van der Waals surface area contributed by atoms with Crippen molar-refractivity contribution in [1.29, 1.82) is 0 Å². The Hall–Kier alpha value is -0.780. The molecule has 0 aromatic carbocycles. The molecule has 0 aliphatic carbocycles. The van der Waals surface area contributed by atoms with Crippen LogP contribution in [-0.2, 0) is 4.74 Å². The van der Waals surface area contributed by atoms with E-state index in [1.165, 1.54) is 0 Å². The number of aliphatic hydroxyl groups is 1. The van der Waals surface area contributed by atoms with Crippen LogP contribution in [0, 0.1) is 0 Å². The van der Waals surface area contributed by atoms with Gasteiger partial charge in [0, 0.05) is 6.42 Å². The average Bonchev–Trinajstić information content (AvgIpc) is 2.09. The second-order valence-corrected chi connectivity index (χ2v) is 4.94. The van der Waals surface area contributed by atoms with Crippen LogP contribution in [0.15, 0.2) is 0 Å². The Bertz CT molecular complexity index is 338. The van der Waals surface area contributed by atoms with Crippen LogP contribution in [0.1, 0.15) is 19.8 Å². The van der Waals surface area contributed by atoms with Gasteiger partial charge in [-0.05, 0) is 6.92 Å². The highest BCUT2D eigenvalue weighted by atomic mass is 19.4. The van der Waals surface area contributed by atoms with Crippen molar-refractivity contribution in [3.8, 4) is 0 Å². The Kier molecular flexibility index (Phi) is 3.80. The van der Waals surface area contributed by atoms with E-state index in [1.807, 2.05) is 0 Å². The average molecular weight is 338 g/mol. The van der Waals surface area contributed by atoms with Crippen molar-refractivity contribution in [2.75, 3.05) is 0 Å². The number of ether oxygens (including phenoxy) is 1. The molecule has 0 saturated carbocycles. The van der Waals surface area contributed by atoms with Gasteiger partial charge in [0.1, 0.15) is 0 Å². The Labute approximate surface area is 110 Å². The summed E-state index contributed by atoms with van der Waals surface area (Å²) >= 11 is 0. The molecule has 1 fully saturated rings. The van der Waals surface area contributed by atoms with Crippen molar-refractivity contribution in [1.82, 2.24) is 0 Å². The molecule has 21 heavy (non-hydrogen) atoms. The largest absolute Gasteiger partial charge is 0.448 e. The molecule has 2 nitrogen and oxygen atoms in total. The molecule has 126 valence electrons. The first-order valence-electron chi connectivity index (χ1n) is 5.19. The molecule has 1 heterocycles. The maximum absolute atomic E-state index is 13.6. The summed E-state index contributed by atoms with van der Waals surface area (Å²) in [6.07, 6.45) is -22.9. The molecule has 1 saturated heterocycles. The van der Waals surface area contributed by atoms with Gasteiger partial charge in [-0.15, -0.1) is 0 Å². The van der Waals surface area contributed by atoms with Gasteiger partial charge in [0.05, 0.1) is 6.42 Å². The Morgan fingerprint density at radius 1 is 0.810 bits per heavy atom. The molecule has 0 aromatic heterocycles. The van der Waals surface area contributed by atoms with Crippen molar-refractivity contribution in [2.45, 2.75) is 55.4 Å². The van der Waals surface area contributed by atoms with Gasteiger partial charge in [-0.3, -0.25) is 0 Å². The Balaban J connectivity index is 3.44. The van der Waals surface area contributed by atoms with E-state index >= 15 is 0 Å². The molecular weight excluding hydrogens is 330 g/mol. The van der Waals surface area contributed by atoms with E-state index in [-0.39, 0.29) is 6.92 Å². The molecule has 0 bridgehead atoms. The van der Waals surface area contributed by atoms with Gasteiger partial charge in [0.2, 0.25) is 0 Å². The van der Waals surface area contributed by atoms with E-state index in [4.69, 9.17) is 5.11 Å². The van der Waals surface area contributed by atoms with Crippen molar-refractivity contribution < 1.29 is 53.7 Å². The van der Waals surface area contributed by atoms with Crippen LogP contribution >= 0.6 is 0 Å². The van der Waals surface area contributed by atoms with E-state index in [0.717, 1.165) is 0 Å². The van der Waals surface area contributed by atoms with Gasteiger partial charge < -0.3 is 9.84 Å². The second kappa shape index (κ2) is 4.37. The van der Waals surface area contributed by atoms with Crippen molar-refractivity contribution in [3.63, 3.8) is 0 Å². The third kappa shape index (κ3) is 2.91. The lowest BCUT2D eigenvalue weighted by Gasteiger charge is -2.50. The van der Waals surface area contributed by atoms with E-state index in [9.17, 15) is 43.9 Å². The first kappa shape index (κ1) is 18.3. The number of alkyl halides is 10. The molecule has 1 aliphatic heterocycles. The van der Waals surface area contributed by atoms with Gasteiger partial charge >= 0.3 is 24.4 Å². The highest BCUT2D eigenvalue weighted by Crippen LogP contribution is 2.57. The first-order chi connectivity index (χ1) is 8.87. The smallest absolute Gasteiger partial charge is 0.380 e. The molecule has 3 unspecified atom stereocenters.